The van der Waals surface area contributed by atoms with Crippen LogP contribution in [0, 0.1) is 5.41 Å². The largest absolute Gasteiger partial charge is 0.468 e. The Balaban J connectivity index is 2.55. The van der Waals surface area contributed by atoms with E-state index in [1.807, 2.05) is 20.8 Å². The summed E-state index contributed by atoms with van der Waals surface area (Å²) in [6, 6.07) is 6.25. The molecule has 132 valence electrons. The van der Waals surface area contributed by atoms with E-state index < -0.39 is 12.0 Å². The summed E-state index contributed by atoms with van der Waals surface area (Å²) in [6.07, 6.45) is 0.132. The molecule has 0 radical (unpaired) electrons. The molecule has 0 unspecified atom stereocenters. The minimum absolute atomic E-state index is 0.132. The standard InChI is InChI=1S/C17H25N3O4/c1-17(2,3)15(18)16(23)20-12-7-5-11(6-8-12)9-13(21)19-10-14(22)24-4/h5-8,15H,9-10,18H2,1-4H3,(H,19,21)(H,20,23)/t15-/m1/s1. The van der Waals surface area contributed by atoms with Crippen LogP contribution in [0.5, 0.6) is 0 Å². The third-order valence-electron chi connectivity index (χ3n) is 3.46. The number of hydrogen-bond donors (Lipinski definition) is 3. The molecular formula is C17H25N3O4. The van der Waals surface area contributed by atoms with E-state index in [2.05, 4.69) is 15.4 Å². The SMILES string of the molecule is COC(=O)CNC(=O)Cc1ccc(NC(=O)[C@@H](N)C(C)(C)C)cc1. The van der Waals surface area contributed by atoms with E-state index in [1.54, 1.807) is 24.3 Å². The monoisotopic (exact) mass is 335 g/mol. The normalized spacial score (nSPS) is 12.2. The Kier molecular flexibility index (Phi) is 6.91. The molecule has 0 saturated carbocycles. The van der Waals surface area contributed by atoms with Gasteiger partial charge in [0.25, 0.3) is 0 Å². The van der Waals surface area contributed by atoms with Gasteiger partial charge in [0.1, 0.15) is 6.54 Å². The van der Waals surface area contributed by atoms with Gasteiger partial charge in [0.15, 0.2) is 0 Å². The van der Waals surface area contributed by atoms with Gasteiger partial charge in [-0.2, -0.15) is 0 Å². The Morgan fingerprint density at radius 1 is 1.17 bits per heavy atom. The van der Waals surface area contributed by atoms with E-state index in [4.69, 9.17) is 5.73 Å². The Labute approximate surface area is 141 Å². The first kappa shape index (κ1) is 19.6. The van der Waals surface area contributed by atoms with Gasteiger partial charge in [0, 0.05) is 5.69 Å². The van der Waals surface area contributed by atoms with Crippen LogP contribution in [0.1, 0.15) is 26.3 Å². The fraction of sp³-hybridized carbons (Fsp3) is 0.471. The van der Waals surface area contributed by atoms with Crippen molar-refractivity contribution in [3.63, 3.8) is 0 Å². The third kappa shape index (κ3) is 6.37. The number of carbonyl (C=O) groups excluding carboxylic acids is 3. The van der Waals surface area contributed by atoms with Crippen LogP contribution in [-0.4, -0.2) is 37.5 Å². The summed E-state index contributed by atoms with van der Waals surface area (Å²) in [5.74, 6) is -1.05. The van der Waals surface area contributed by atoms with Crippen LogP contribution >= 0.6 is 0 Å². The maximum atomic E-state index is 12.1. The summed E-state index contributed by atoms with van der Waals surface area (Å²) in [5, 5.41) is 5.21. The molecule has 0 aromatic heterocycles. The van der Waals surface area contributed by atoms with Gasteiger partial charge >= 0.3 is 5.97 Å². The highest BCUT2D eigenvalue weighted by molar-refractivity contribution is 5.95. The predicted octanol–water partition coefficient (Wildman–Crippen LogP) is 0.830. The lowest BCUT2D eigenvalue weighted by atomic mass is 9.87. The highest BCUT2D eigenvalue weighted by Gasteiger charge is 2.27. The minimum atomic E-state index is -0.624. The summed E-state index contributed by atoms with van der Waals surface area (Å²) in [7, 11) is 1.26. The second-order valence-corrected chi connectivity index (χ2v) is 6.56. The van der Waals surface area contributed by atoms with E-state index in [9.17, 15) is 14.4 Å². The maximum absolute atomic E-state index is 12.1. The van der Waals surface area contributed by atoms with Crippen molar-refractivity contribution in [3.8, 4) is 0 Å². The van der Waals surface area contributed by atoms with Gasteiger partial charge in [0.2, 0.25) is 11.8 Å². The lowest BCUT2D eigenvalue weighted by Gasteiger charge is -2.25. The Morgan fingerprint density at radius 3 is 2.25 bits per heavy atom. The summed E-state index contributed by atoms with van der Waals surface area (Å²) >= 11 is 0. The van der Waals surface area contributed by atoms with Crippen LogP contribution in [0.3, 0.4) is 0 Å². The van der Waals surface area contributed by atoms with Crippen molar-refractivity contribution in [2.24, 2.45) is 11.1 Å². The van der Waals surface area contributed by atoms with Crippen molar-refractivity contribution < 1.29 is 19.1 Å². The second-order valence-electron chi connectivity index (χ2n) is 6.56. The summed E-state index contributed by atoms with van der Waals surface area (Å²) in [5.41, 5.74) is 6.94. The van der Waals surface area contributed by atoms with Crippen LogP contribution in [-0.2, 0) is 25.5 Å². The smallest absolute Gasteiger partial charge is 0.325 e. The molecule has 0 saturated heterocycles. The molecular weight excluding hydrogens is 310 g/mol. The number of nitrogens with one attached hydrogen (secondary N) is 2. The number of amides is 2. The van der Waals surface area contributed by atoms with Crippen molar-refractivity contribution >= 4 is 23.5 Å². The number of nitrogens with two attached hydrogens (primary N) is 1. The lowest BCUT2D eigenvalue weighted by molar-refractivity contribution is -0.141. The predicted molar refractivity (Wildman–Crippen MR) is 91.2 cm³/mol. The van der Waals surface area contributed by atoms with Crippen molar-refractivity contribution in [2.75, 3.05) is 19.0 Å². The average Bonchev–Trinajstić information content (AvgIpc) is 2.52. The van der Waals surface area contributed by atoms with Gasteiger partial charge in [-0.1, -0.05) is 32.9 Å². The van der Waals surface area contributed by atoms with E-state index in [0.717, 1.165) is 5.56 Å². The first-order valence-electron chi connectivity index (χ1n) is 7.62. The quantitative estimate of drug-likeness (QED) is 0.667. The van der Waals surface area contributed by atoms with E-state index in [1.165, 1.54) is 7.11 Å². The Bertz CT molecular complexity index is 591. The molecule has 2 amide bonds. The highest BCUT2D eigenvalue weighted by Crippen LogP contribution is 2.19. The first-order chi connectivity index (χ1) is 11.1. The molecule has 4 N–H and O–H groups in total. The van der Waals surface area contributed by atoms with Crippen LogP contribution in [0.4, 0.5) is 5.69 Å². The Morgan fingerprint density at radius 2 is 1.75 bits per heavy atom. The summed E-state index contributed by atoms with van der Waals surface area (Å²) in [6.45, 7) is 5.53. The number of benzene rings is 1. The molecule has 0 bridgehead atoms. The van der Waals surface area contributed by atoms with Gasteiger partial charge in [0.05, 0.1) is 19.6 Å². The number of carbonyl (C=O) groups is 3. The number of ether oxygens (including phenoxy) is 1. The highest BCUT2D eigenvalue weighted by atomic mass is 16.5. The van der Waals surface area contributed by atoms with E-state index in [0.29, 0.717) is 5.69 Å². The van der Waals surface area contributed by atoms with Gasteiger partial charge in [-0.15, -0.1) is 0 Å². The van der Waals surface area contributed by atoms with Crippen molar-refractivity contribution in [1.82, 2.24) is 5.32 Å². The summed E-state index contributed by atoms with van der Waals surface area (Å²) in [4.78, 5) is 34.7. The zero-order chi connectivity index (χ0) is 18.3. The number of anilines is 1. The number of esters is 1. The number of hydrogen-bond acceptors (Lipinski definition) is 5. The van der Waals surface area contributed by atoms with Crippen LogP contribution < -0.4 is 16.4 Å². The van der Waals surface area contributed by atoms with Crippen LogP contribution in [0.2, 0.25) is 0 Å². The van der Waals surface area contributed by atoms with Crippen LogP contribution in [0.25, 0.3) is 0 Å². The molecule has 1 aromatic carbocycles. The molecule has 0 fully saturated rings. The van der Waals surface area contributed by atoms with Crippen molar-refractivity contribution in [2.45, 2.75) is 33.2 Å². The van der Waals surface area contributed by atoms with Gasteiger partial charge in [-0.3, -0.25) is 14.4 Å². The molecule has 0 aliphatic heterocycles. The van der Waals surface area contributed by atoms with Crippen LogP contribution in [0.15, 0.2) is 24.3 Å². The maximum Gasteiger partial charge on any atom is 0.325 e. The molecule has 7 heteroatoms. The molecule has 24 heavy (non-hydrogen) atoms. The number of rotatable bonds is 6. The molecule has 1 rings (SSSR count). The molecule has 0 aliphatic rings. The van der Waals surface area contributed by atoms with E-state index >= 15 is 0 Å². The minimum Gasteiger partial charge on any atom is -0.468 e. The molecule has 1 aromatic rings. The topological polar surface area (TPSA) is 111 Å². The first-order valence-corrected chi connectivity index (χ1v) is 7.62. The molecule has 1 atom stereocenters. The zero-order valence-corrected chi connectivity index (χ0v) is 14.5. The third-order valence-corrected chi connectivity index (χ3v) is 3.46. The van der Waals surface area contributed by atoms with E-state index in [-0.39, 0.29) is 30.2 Å². The van der Waals surface area contributed by atoms with Gasteiger partial charge in [-0.05, 0) is 23.1 Å². The Hall–Kier alpha value is -2.41. The second kappa shape index (κ2) is 8.44. The molecule has 7 nitrogen and oxygen atoms in total. The average molecular weight is 335 g/mol. The van der Waals surface area contributed by atoms with Gasteiger partial charge < -0.3 is 21.1 Å². The van der Waals surface area contributed by atoms with Crippen molar-refractivity contribution in [3.05, 3.63) is 29.8 Å². The van der Waals surface area contributed by atoms with Gasteiger partial charge in [-0.25, -0.2) is 0 Å². The lowest BCUT2D eigenvalue weighted by Crippen LogP contribution is -2.45. The molecule has 0 heterocycles. The summed E-state index contributed by atoms with van der Waals surface area (Å²) < 4.78 is 4.44. The fourth-order valence-corrected chi connectivity index (χ4v) is 1.81. The fourth-order valence-electron chi connectivity index (χ4n) is 1.81. The van der Waals surface area contributed by atoms with Crippen molar-refractivity contribution in [1.29, 1.82) is 0 Å². The zero-order valence-electron chi connectivity index (χ0n) is 14.5. The molecule has 0 spiro atoms. The number of methoxy groups -OCH3 is 1. The molecule has 0 aliphatic carbocycles.